The monoisotopic (exact) mass is 173 g/mol. The lowest BCUT2D eigenvalue weighted by Crippen LogP contribution is -2.31. The molecule has 4 heteroatoms. The van der Waals surface area contributed by atoms with Gasteiger partial charge in [0.2, 0.25) is 0 Å². The number of hydrogen-bond donors (Lipinski definition) is 1. The van der Waals surface area contributed by atoms with Crippen LogP contribution in [0.2, 0.25) is 0 Å². The third kappa shape index (κ3) is 2.80. The van der Waals surface area contributed by atoms with E-state index >= 15 is 0 Å². The van der Waals surface area contributed by atoms with Gasteiger partial charge in [-0.15, -0.1) is 0 Å². The molecule has 0 atom stereocenters. The Hall–Kier alpha value is -0.700. The molecule has 3 nitrogen and oxygen atoms in total. The maximum absolute atomic E-state index is 5.63. The predicted molar refractivity (Wildman–Crippen MR) is 47.4 cm³/mol. The van der Waals surface area contributed by atoms with E-state index in [1.807, 2.05) is 6.08 Å². The van der Waals surface area contributed by atoms with Crippen LogP contribution >= 0.6 is 11.8 Å². The van der Waals surface area contributed by atoms with Crippen molar-refractivity contribution in [2.24, 2.45) is 4.99 Å². The molecule has 0 aromatic carbocycles. The molecule has 0 spiro atoms. The highest BCUT2D eigenvalue weighted by Gasteiger charge is 2.02. The summed E-state index contributed by atoms with van der Waals surface area (Å²) in [5, 5.41) is 3.18. The molecule has 0 unspecified atom stereocenters. The molecule has 1 aliphatic rings. The Balaban J connectivity index is 2.43. The zero-order chi connectivity index (χ0) is 8.27. The highest BCUT2D eigenvalue weighted by molar-refractivity contribution is 6.14. The first-order valence-corrected chi connectivity index (χ1v) is 3.94. The van der Waals surface area contributed by atoms with Crippen LogP contribution in [0, 0.1) is 0 Å². The van der Waals surface area contributed by atoms with Gasteiger partial charge in [0.25, 0.3) is 0 Å². The second-order valence-electron chi connectivity index (χ2n) is 2.70. The topological polar surface area (TPSA) is 27.6 Å². The second-order valence-corrected chi connectivity index (χ2v) is 3.13. The lowest BCUT2D eigenvalue weighted by Gasteiger charge is -2.16. The summed E-state index contributed by atoms with van der Waals surface area (Å²) in [5.74, 6) is 0.900. The maximum atomic E-state index is 5.63. The molecule has 0 radical (unpaired) electrons. The van der Waals surface area contributed by atoms with E-state index in [0.29, 0.717) is 12.7 Å². The minimum atomic E-state index is 0.417. The summed E-state index contributed by atoms with van der Waals surface area (Å²) >= 11 is 5.63. The van der Waals surface area contributed by atoms with Crippen LogP contribution in [0.15, 0.2) is 17.3 Å². The van der Waals surface area contributed by atoms with Gasteiger partial charge in [0.15, 0.2) is 0 Å². The Kier molecular flexibility index (Phi) is 2.76. The standard InChI is InChI=1S/C7H12ClN3/c1-6(2)10-7-3-4-11(8)5-9-7/h3-4,6H,5H2,1-2H3,(H,9,10). The molecule has 0 fully saturated rings. The van der Waals surface area contributed by atoms with Gasteiger partial charge >= 0.3 is 0 Å². The smallest absolute Gasteiger partial charge is 0.127 e. The van der Waals surface area contributed by atoms with Crippen molar-refractivity contribution in [2.75, 3.05) is 6.67 Å². The quantitative estimate of drug-likeness (QED) is 0.606. The van der Waals surface area contributed by atoms with Crippen LogP contribution in [0.3, 0.4) is 0 Å². The van der Waals surface area contributed by atoms with Gasteiger partial charge in [-0.1, -0.05) is 0 Å². The summed E-state index contributed by atoms with van der Waals surface area (Å²) in [6, 6.07) is 0.417. The van der Waals surface area contributed by atoms with E-state index in [9.17, 15) is 0 Å². The van der Waals surface area contributed by atoms with Gasteiger partial charge in [-0.05, 0) is 19.9 Å². The van der Waals surface area contributed by atoms with Crippen molar-refractivity contribution in [1.82, 2.24) is 9.74 Å². The number of hydrogen-bond acceptors (Lipinski definition) is 3. The van der Waals surface area contributed by atoms with Crippen molar-refractivity contribution < 1.29 is 0 Å². The van der Waals surface area contributed by atoms with Crippen molar-refractivity contribution in [3.63, 3.8) is 0 Å². The number of rotatable bonds is 1. The summed E-state index contributed by atoms with van der Waals surface area (Å²) in [5.41, 5.74) is 0. The summed E-state index contributed by atoms with van der Waals surface area (Å²) in [6.45, 7) is 4.67. The molecule has 1 N–H and O–H groups in total. The first kappa shape index (κ1) is 8.40. The Morgan fingerprint density at radius 1 is 1.73 bits per heavy atom. The number of aliphatic imine (C=N–C) groups is 1. The highest BCUT2D eigenvalue weighted by Crippen LogP contribution is 2.01. The highest BCUT2D eigenvalue weighted by atomic mass is 35.5. The lowest BCUT2D eigenvalue weighted by molar-refractivity contribution is 0.606. The Morgan fingerprint density at radius 2 is 2.45 bits per heavy atom. The van der Waals surface area contributed by atoms with Crippen LogP contribution < -0.4 is 5.32 Å². The number of nitrogens with zero attached hydrogens (tertiary/aromatic N) is 2. The molecule has 0 bridgehead atoms. The van der Waals surface area contributed by atoms with E-state index in [-0.39, 0.29) is 0 Å². The average Bonchev–Trinajstić information content (AvgIpc) is 1.93. The van der Waals surface area contributed by atoms with Gasteiger partial charge in [0.1, 0.15) is 12.5 Å². The summed E-state index contributed by atoms with van der Waals surface area (Å²) < 4.78 is 1.51. The Labute approximate surface area is 71.9 Å². The van der Waals surface area contributed by atoms with Gasteiger partial charge in [0.05, 0.1) is 0 Å². The van der Waals surface area contributed by atoms with Gasteiger partial charge in [-0.3, -0.25) is 4.42 Å². The molecule has 11 heavy (non-hydrogen) atoms. The normalized spacial score (nSPS) is 17.1. The molecule has 1 heterocycles. The summed E-state index contributed by atoms with van der Waals surface area (Å²) in [7, 11) is 0. The van der Waals surface area contributed by atoms with E-state index in [0.717, 1.165) is 5.84 Å². The molecule has 0 amide bonds. The fourth-order valence-electron chi connectivity index (χ4n) is 0.785. The average molecular weight is 174 g/mol. The van der Waals surface area contributed by atoms with E-state index in [1.54, 1.807) is 6.20 Å². The minimum absolute atomic E-state index is 0.417. The molecule has 0 saturated carbocycles. The molecule has 62 valence electrons. The van der Waals surface area contributed by atoms with Crippen LogP contribution in [0.1, 0.15) is 13.8 Å². The lowest BCUT2D eigenvalue weighted by atomic mass is 10.3. The van der Waals surface area contributed by atoms with Crippen molar-refractivity contribution >= 4 is 17.6 Å². The number of amidine groups is 1. The van der Waals surface area contributed by atoms with Crippen molar-refractivity contribution in [1.29, 1.82) is 0 Å². The van der Waals surface area contributed by atoms with Crippen molar-refractivity contribution in [3.05, 3.63) is 12.3 Å². The fourth-order valence-corrected chi connectivity index (χ4v) is 0.894. The maximum Gasteiger partial charge on any atom is 0.127 e. The number of halogens is 1. The number of nitrogens with one attached hydrogen (secondary N) is 1. The Morgan fingerprint density at radius 3 is 2.91 bits per heavy atom. The van der Waals surface area contributed by atoms with Crippen molar-refractivity contribution in [2.45, 2.75) is 19.9 Å². The van der Waals surface area contributed by atoms with Crippen LogP contribution in [0.25, 0.3) is 0 Å². The van der Waals surface area contributed by atoms with E-state index in [4.69, 9.17) is 11.8 Å². The zero-order valence-electron chi connectivity index (χ0n) is 6.71. The second kappa shape index (κ2) is 3.62. The molecule has 0 saturated heterocycles. The largest absolute Gasteiger partial charge is 0.368 e. The Bertz CT molecular complexity index is 186. The first-order chi connectivity index (χ1) is 5.18. The van der Waals surface area contributed by atoms with Gasteiger partial charge in [-0.2, -0.15) is 0 Å². The molecule has 0 aromatic heterocycles. The molecule has 1 aliphatic heterocycles. The van der Waals surface area contributed by atoms with Crippen LogP contribution in [-0.2, 0) is 0 Å². The van der Waals surface area contributed by atoms with Gasteiger partial charge in [0, 0.05) is 24.0 Å². The summed E-state index contributed by atoms with van der Waals surface area (Å²) in [4.78, 5) is 4.16. The molecule has 0 aromatic rings. The predicted octanol–water partition coefficient (Wildman–Crippen LogP) is 1.32. The molecular formula is C7H12ClN3. The van der Waals surface area contributed by atoms with Crippen molar-refractivity contribution in [3.8, 4) is 0 Å². The minimum Gasteiger partial charge on any atom is -0.368 e. The third-order valence-corrected chi connectivity index (χ3v) is 1.43. The SMILES string of the molecule is CC(C)NC1=NCN(Cl)C=C1. The third-order valence-electron chi connectivity index (χ3n) is 1.21. The first-order valence-electron chi connectivity index (χ1n) is 3.60. The summed E-state index contributed by atoms with van der Waals surface area (Å²) in [6.07, 6.45) is 3.65. The van der Waals surface area contributed by atoms with Gasteiger partial charge < -0.3 is 5.32 Å². The molecular weight excluding hydrogens is 162 g/mol. The van der Waals surface area contributed by atoms with Crippen LogP contribution in [0.4, 0.5) is 0 Å². The zero-order valence-corrected chi connectivity index (χ0v) is 7.47. The molecule has 1 rings (SSSR count). The fraction of sp³-hybridized carbons (Fsp3) is 0.571. The van der Waals surface area contributed by atoms with Gasteiger partial charge in [-0.25, -0.2) is 4.99 Å². The van der Waals surface area contributed by atoms with E-state index in [1.165, 1.54) is 4.42 Å². The van der Waals surface area contributed by atoms with E-state index in [2.05, 4.69) is 24.2 Å². The van der Waals surface area contributed by atoms with Crippen LogP contribution in [0.5, 0.6) is 0 Å². The van der Waals surface area contributed by atoms with Crippen LogP contribution in [-0.4, -0.2) is 23.0 Å². The van der Waals surface area contributed by atoms with E-state index < -0.39 is 0 Å². The molecule has 0 aliphatic carbocycles.